The quantitative estimate of drug-likeness (QED) is 0.539. The third-order valence-corrected chi connectivity index (χ3v) is 4.61. The van der Waals surface area contributed by atoms with E-state index in [1.807, 2.05) is 48.5 Å². The van der Waals surface area contributed by atoms with Gasteiger partial charge in [-0.05, 0) is 36.4 Å². The van der Waals surface area contributed by atoms with Crippen LogP contribution in [0.3, 0.4) is 0 Å². The summed E-state index contributed by atoms with van der Waals surface area (Å²) in [4.78, 5) is 16.5. The molecular formula is C20H16N2O4S. The van der Waals surface area contributed by atoms with Crippen molar-refractivity contribution in [2.45, 2.75) is 4.90 Å². The predicted octanol–water partition coefficient (Wildman–Crippen LogP) is 3.32. The Bertz CT molecular complexity index is 1200. The molecule has 0 aliphatic heterocycles. The van der Waals surface area contributed by atoms with Crippen molar-refractivity contribution >= 4 is 21.0 Å². The second-order valence-electron chi connectivity index (χ2n) is 5.56. The number of benzene rings is 3. The number of hydrogen-bond acceptors (Lipinski definition) is 4. The molecule has 0 aliphatic rings. The molecule has 0 bridgehead atoms. The van der Waals surface area contributed by atoms with E-state index in [2.05, 4.69) is 4.98 Å². The van der Waals surface area contributed by atoms with Crippen LogP contribution in [0.15, 0.2) is 101 Å². The maximum atomic E-state index is 12.3. The molecule has 1 aromatic heterocycles. The highest BCUT2D eigenvalue weighted by Crippen LogP contribution is 2.08. The van der Waals surface area contributed by atoms with Crippen LogP contribution >= 0.6 is 0 Å². The fourth-order valence-electron chi connectivity index (χ4n) is 2.43. The van der Waals surface area contributed by atoms with E-state index in [9.17, 15) is 13.2 Å². The summed E-state index contributed by atoms with van der Waals surface area (Å²) in [7, 11) is -4.00. The Balaban J connectivity index is 0.000000180. The lowest BCUT2D eigenvalue weighted by molar-refractivity contribution is 0.483. The normalized spacial score (nSPS) is 10.9. The van der Waals surface area contributed by atoms with Crippen molar-refractivity contribution < 1.29 is 13.0 Å². The third-order valence-electron chi connectivity index (χ3n) is 3.74. The minimum Gasteiger partial charge on any atom is -0.282 e. The maximum Gasteiger partial charge on any atom is 0.294 e. The van der Waals surface area contributed by atoms with Gasteiger partial charge < -0.3 is 0 Å². The predicted molar refractivity (Wildman–Crippen MR) is 104 cm³/mol. The van der Waals surface area contributed by atoms with Crippen LogP contribution in [0.1, 0.15) is 0 Å². The number of hydrogen-bond donors (Lipinski definition) is 1. The van der Waals surface area contributed by atoms with Crippen LogP contribution in [0.25, 0.3) is 16.6 Å². The van der Waals surface area contributed by atoms with Gasteiger partial charge >= 0.3 is 0 Å². The van der Waals surface area contributed by atoms with Gasteiger partial charge in [-0.25, -0.2) is 4.98 Å². The Labute approximate surface area is 156 Å². The summed E-state index contributed by atoms with van der Waals surface area (Å²) in [5, 5.41) is 0.638. The Morgan fingerprint density at radius 2 is 1.33 bits per heavy atom. The van der Waals surface area contributed by atoms with Crippen molar-refractivity contribution in [3.05, 3.63) is 102 Å². The van der Waals surface area contributed by atoms with E-state index in [1.165, 1.54) is 12.1 Å². The highest BCUT2D eigenvalue weighted by molar-refractivity contribution is 7.85. The molecular weight excluding hydrogens is 364 g/mol. The average Bonchev–Trinajstić information content (AvgIpc) is 2.70. The molecule has 136 valence electrons. The van der Waals surface area contributed by atoms with Crippen molar-refractivity contribution in [3.63, 3.8) is 0 Å². The lowest BCUT2D eigenvalue weighted by Gasteiger charge is -2.05. The summed E-state index contributed by atoms with van der Waals surface area (Å²) in [5.41, 5.74) is 1.52. The van der Waals surface area contributed by atoms with Gasteiger partial charge in [0.1, 0.15) is 6.33 Å². The zero-order chi connectivity index (χ0) is 19.3. The molecule has 0 atom stereocenters. The van der Waals surface area contributed by atoms with Crippen LogP contribution in [0.2, 0.25) is 0 Å². The summed E-state index contributed by atoms with van der Waals surface area (Å²) >= 11 is 0. The minimum atomic E-state index is -4.00. The summed E-state index contributed by atoms with van der Waals surface area (Å²) < 4.78 is 30.8. The van der Waals surface area contributed by atoms with Crippen molar-refractivity contribution in [3.8, 4) is 5.69 Å². The molecule has 4 rings (SSSR count). The number of para-hydroxylation sites is 2. The molecule has 3 aromatic carbocycles. The molecule has 27 heavy (non-hydrogen) atoms. The van der Waals surface area contributed by atoms with Gasteiger partial charge in [-0.2, -0.15) is 8.42 Å². The van der Waals surface area contributed by atoms with Crippen LogP contribution in [-0.2, 0) is 10.1 Å². The van der Waals surface area contributed by atoms with Gasteiger partial charge in [-0.15, -0.1) is 0 Å². The van der Waals surface area contributed by atoms with Crippen molar-refractivity contribution in [1.82, 2.24) is 9.55 Å². The second kappa shape index (κ2) is 7.94. The van der Waals surface area contributed by atoms with Gasteiger partial charge in [0.05, 0.1) is 21.5 Å². The smallest absolute Gasteiger partial charge is 0.282 e. The zero-order valence-electron chi connectivity index (χ0n) is 14.1. The standard InChI is InChI=1S/C14H10N2O.C6H6O3S/c17-14-12-8-4-5-9-13(12)15-10-16(14)11-6-2-1-3-7-11;7-10(8,9)6-4-2-1-3-5-6/h1-10H;1-5H,(H,7,8,9). The Morgan fingerprint density at radius 1 is 0.778 bits per heavy atom. The number of rotatable bonds is 2. The van der Waals surface area contributed by atoms with E-state index in [0.717, 1.165) is 11.2 Å². The molecule has 6 nitrogen and oxygen atoms in total. The second-order valence-corrected chi connectivity index (χ2v) is 6.98. The molecule has 0 aliphatic carbocycles. The van der Waals surface area contributed by atoms with E-state index in [-0.39, 0.29) is 10.5 Å². The maximum absolute atomic E-state index is 12.3. The molecule has 0 spiro atoms. The highest BCUT2D eigenvalue weighted by atomic mass is 32.2. The van der Waals surface area contributed by atoms with Gasteiger partial charge in [-0.1, -0.05) is 48.5 Å². The SMILES string of the molecule is O=S(=O)(O)c1ccccc1.O=c1c2ccccc2ncn1-c1ccccc1. The molecule has 0 amide bonds. The Kier molecular flexibility index (Phi) is 5.44. The molecule has 1 N–H and O–H groups in total. The van der Waals surface area contributed by atoms with Gasteiger partial charge in [0.25, 0.3) is 15.7 Å². The molecule has 0 unspecified atom stereocenters. The summed E-state index contributed by atoms with van der Waals surface area (Å²) in [5.74, 6) is 0. The molecule has 4 aromatic rings. The Hall–Kier alpha value is -3.29. The summed E-state index contributed by atoms with van der Waals surface area (Å²) in [6, 6.07) is 24.3. The number of aromatic nitrogens is 2. The largest absolute Gasteiger partial charge is 0.294 e. The molecule has 0 saturated heterocycles. The first kappa shape index (κ1) is 18.5. The minimum absolute atomic E-state index is 0.0400. The van der Waals surface area contributed by atoms with E-state index in [0.29, 0.717) is 5.39 Å². The summed E-state index contributed by atoms with van der Waals surface area (Å²) in [6.07, 6.45) is 1.57. The van der Waals surface area contributed by atoms with Crippen molar-refractivity contribution in [2.24, 2.45) is 0 Å². The summed E-state index contributed by atoms with van der Waals surface area (Å²) in [6.45, 7) is 0. The highest BCUT2D eigenvalue weighted by Gasteiger charge is 2.06. The number of fused-ring (bicyclic) bond motifs is 1. The first-order chi connectivity index (χ1) is 13.0. The fourth-order valence-corrected chi connectivity index (χ4v) is 2.94. The third kappa shape index (κ3) is 4.46. The number of nitrogens with zero attached hydrogens (tertiary/aromatic N) is 2. The van der Waals surface area contributed by atoms with Crippen molar-refractivity contribution in [1.29, 1.82) is 0 Å². The first-order valence-electron chi connectivity index (χ1n) is 8.01. The van der Waals surface area contributed by atoms with Gasteiger partial charge in [0.2, 0.25) is 0 Å². The Morgan fingerprint density at radius 3 is 1.93 bits per heavy atom. The lowest BCUT2D eigenvalue weighted by atomic mass is 10.2. The van der Waals surface area contributed by atoms with Crippen LogP contribution in [0.5, 0.6) is 0 Å². The van der Waals surface area contributed by atoms with Gasteiger partial charge in [-0.3, -0.25) is 13.9 Å². The molecule has 0 fully saturated rings. The van der Waals surface area contributed by atoms with E-state index >= 15 is 0 Å². The average molecular weight is 380 g/mol. The first-order valence-corrected chi connectivity index (χ1v) is 9.45. The zero-order valence-corrected chi connectivity index (χ0v) is 15.0. The van der Waals surface area contributed by atoms with E-state index in [1.54, 1.807) is 35.2 Å². The van der Waals surface area contributed by atoms with E-state index in [4.69, 9.17) is 4.55 Å². The van der Waals surface area contributed by atoms with Crippen molar-refractivity contribution in [2.75, 3.05) is 0 Å². The fraction of sp³-hybridized carbons (Fsp3) is 0. The van der Waals surface area contributed by atoms with Gasteiger partial charge in [0, 0.05) is 0 Å². The molecule has 1 heterocycles. The topological polar surface area (TPSA) is 89.3 Å². The molecule has 7 heteroatoms. The van der Waals surface area contributed by atoms with Gasteiger partial charge in [0.15, 0.2) is 0 Å². The monoisotopic (exact) mass is 380 g/mol. The van der Waals surface area contributed by atoms with E-state index < -0.39 is 10.1 Å². The van der Waals surface area contributed by atoms with Crippen LogP contribution < -0.4 is 5.56 Å². The van der Waals surface area contributed by atoms with Crippen LogP contribution in [0, 0.1) is 0 Å². The van der Waals surface area contributed by atoms with Crippen LogP contribution in [0.4, 0.5) is 0 Å². The van der Waals surface area contributed by atoms with Crippen LogP contribution in [-0.4, -0.2) is 22.5 Å². The lowest BCUT2D eigenvalue weighted by Crippen LogP contribution is -2.18. The molecule has 0 radical (unpaired) electrons. The molecule has 0 saturated carbocycles.